The summed E-state index contributed by atoms with van der Waals surface area (Å²) in [5.74, 6) is -0.542. The highest BCUT2D eigenvalue weighted by atomic mass is 32.1. The van der Waals surface area contributed by atoms with Crippen LogP contribution in [0.15, 0.2) is 75.7 Å². The van der Waals surface area contributed by atoms with Crippen molar-refractivity contribution in [2.45, 2.75) is 13.0 Å². The summed E-state index contributed by atoms with van der Waals surface area (Å²) in [6, 6.07) is 14.5. The first-order valence-electron chi connectivity index (χ1n) is 9.31. The van der Waals surface area contributed by atoms with Gasteiger partial charge in [0.25, 0.3) is 11.2 Å². The molecule has 1 aliphatic heterocycles. The van der Waals surface area contributed by atoms with Crippen LogP contribution < -0.4 is 14.9 Å². The zero-order valence-corrected chi connectivity index (χ0v) is 17.5. The number of benzene rings is 2. The number of nitro benzene ring substituents is 1. The molecule has 0 unspecified atom stereocenters. The van der Waals surface area contributed by atoms with Crippen LogP contribution in [-0.2, 0) is 9.53 Å². The van der Waals surface area contributed by atoms with Crippen LogP contribution >= 0.6 is 11.3 Å². The maximum Gasteiger partial charge on any atom is 0.338 e. The number of carbonyl (C=O) groups excluding carboxylic acids is 1. The van der Waals surface area contributed by atoms with Crippen LogP contribution in [0.5, 0.6) is 0 Å². The SMILES string of the molecule is COC(=O)C1=C(C)N=c2s/c(=C/c3ccc([N+](=O)[O-])cc3)c(=O)n2[C@H]1c1ccccc1. The number of rotatable bonds is 4. The Morgan fingerprint density at radius 2 is 1.87 bits per heavy atom. The largest absolute Gasteiger partial charge is 0.466 e. The number of methoxy groups -OCH3 is 1. The minimum absolute atomic E-state index is 0.0268. The molecule has 0 saturated heterocycles. The lowest BCUT2D eigenvalue weighted by Crippen LogP contribution is -2.39. The van der Waals surface area contributed by atoms with Gasteiger partial charge in [0.2, 0.25) is 0 Å². The van der Waals surface area contributed by atoms with Gasteiger partial charge < -0.3 is 4.74 Å². The Labute approximate surface area is 180 Å². The van der Waals surface area contributed by atoms with E-state index < -0.39 is 16.9 Å². The van der Waals surface area contributed by atoms with Crippen LogP contribution in [0.4, 0.5) is 5.69 Å². The topological polar surface area (TPSA) is 104 Å². The van der Waals surface area contributed by atoms with Gasteiger partial charge in [0.15, 0.2) is 4.80 Å². The predicted molar refractivity (Wildman–Crippen MR) is 115 cm³/mol. The van der Waals surface area contributed by atoms with Crippen molar-refractivity contribution in [1.29, 1.82) is 0 Å². The van der Waals surface area contributed by atoms with Crippen molar-refractivity contribution < 1.29 is 14.5 Å². The third kappa shape index (κ3) is 3.71. The van der Waals surface area contributed by atoms with Crippen LogP contribution in [0.25, 0.3) is 6.08 Å². The van der Waals surface area contributed by atoms with Crippen LogP contribution in [0.2, 0.25) is 0 Å². The van der Waals surface area contributed by atoms with Gasteiger partial charge in [0, 0.05) is 12.1 Å². The summed E-state index contributed by atoms with van der Waals surface area (Å²) in [6.07, 6.45) is 1.66. The molecule has 9 heteroatoms. The molecule has 0 saturated carbocycles. The first-order valence-corrected chi connectivity index (χ1v) is 10.1. The van der Waals surface area contributed by atoms with E-state index in [2.05, 4.69) is 4.99 Å². The molecule has 1 aromatic heterocycles. The molecule has 0 bridgehead atoms. The number of ether oxygens (including phenoxy) is 1. The van der Waals surface area contributed by atoms with Crippen LogP contribution in [0.1, 0.15) is 24.1 Å². The van der Waals surface area contributed by atoms with Gasteiger partial charge in [-0.2, -0.15) is 0 Å². The number of hydrogen-bond donors (Lipinski definition) is 0. The number of nitrogens with zero attached hydrogens (tertiary/aromatic N) is 3. The van der Waals surface area contributed by atoms with E-state index in [1.807, 2.05) is 30.3 Å². The summed E-state index contributed by atoms with van der Waals surface area (Å²) in [4.78, 5) is 41.2. The third-order valence-electron chi connectivity index (χ3n) is 4.94. The second-order valence-electron chi connectivity index (χ2n) is 6.83. The Hall–Kier alpha value is -3.85. The molecule has 1 aliphatic rings. The lowest BCUT2D eigenvalue weighted by Gasteiger charge is -2.24. The number of carbonyl (C=O) groups is 1. The number of aromatic nitrogens is 1. The molecule has 0 aliphatic carbocycles. The highest BCUT2D eigenvalue weighted by molar-refractivity contribution is 7.07. The van der Waals surface area contributed by atoms with E-state index in [0.29, 0.717) is 26.2 Å². The summed E-state index contributed by atoms with van der Waals surface area (Å²) in [5.41, 5.74) is 1.88. The Bertz CT molecular complexity index is 1390. The van der Waals surface area contributed by atoms with Gasteiger partial charge in [-0.05, 0) is 36.3 Å². The molecular formula is C22H17N3O5S. The van der Waals surface area contributed by atoms with E-state index in [4.69, 9.17) is 4.74 Å². The molecule has 0 spiro atoms. The van der Waals surface area contributed by atoms with Gasteiger partial charge in [-0.3, -0.25) is 19.5 Å². The van der Waals surface area contributed by atoms with Crippen LogP contribution in [-0.4, -0.2) is 22.6 Å². The Balaban J connectivity index is 1.92. The molecule has 4 rings (SSSR count). The van der Waals surface area contributed by atoms with Crippen molar-refractivity contribution in [3.05, 3.63) is 107 Å². The van der Waals surface area contributed by atoms with Gasteiger partial charge >= 0.3 is 5.97 Å². The van der Waals surface area contributed by atoms with E-state index in [0.717, 1.165) is 5.56 Å². The van der Waals surface area contributed by atoms with Crippen molar-refractivity contribution >= 4 is 29.1 Å². The smallest absolute Gasteiger partial charge is 0.338 e. The zero-order valence-electron chi connectivity index (χ0n) is 16.6. The van der Waals surface area contributed by atoms with E-state index >= 15 is 0 Å². The normalized spacial score (nSPS) is 15.9. The molecule has 1 atom stereocenters. The second-order valence-corrected chi connectivity index (χ2v) is 7.84. The Morgan fingerprint density at radius 1 is 1.19 bits per heavy atom. The molecule has 3 aromatic rings. The zero-order chi connectivity index (χ0) is 22.1. The van der Waals surface area contributed by atoms with Gasteiger partial charge in [-0.15, -0.1) is 0 Å². The highest BCUT2D eigenvalue weighted by Crippen LogP contribution is 2.30. The average molecular weight is 435 g/mol. The monoisotopic (exact) mass is 435 g/mol. The number of esters is 1. The third-order valence-corrected chi connectivity index (χ3v) is 5.93. The number of fused-ring (bicyclic) bond motifs is 1. The lowest BCUT2D eigenvalue weighted by atomic mass is 9.96. The van der Waals surface area contributed by atoms with Crippen molar-refractivity contribution in [1.82, 2.24) is 4.57 Å². The van der Waals surface area contributed by atoms with E-state index in [1.165, 1.54) is 35.1 Å². The van der Waals surface area contributed by atoms with Crippen LogP contribution in [0.3, 0.4) is 0 Å². The standard InChI is InChI=1S/C22H17N3O5S/c1-13-18(21(27)30-2)19(15-6-4-3-5-7-15)24-20(26)17(31-22(24)23-13)12-14-8-10-16(11-9-14)25(28)29/h3-12,19H,1-2H3/b17-12+/t19-/m0/s1. The summed E-state index contributed by atoms with van der Waals surface area (Å²) in [6.45, 7) is 1.72. The van der Waals surface area contributed by atoms with E-state index in [9.17, 15) is 19.7 Å². The number of non-ortho nitro benzene ring substituents is 1. The van der Waals surface area contributed by atoms with Crippen molar-refractivity contribution in [3.63, 3.8) is 0 Å². The van der Waals surface area contributed by atoms with Crippen LogP contribution in [0, 0.1) is 10.1 Å². The predicted octanol–water partition coefficient (Wildman–Crippen LogP) is 2.32. The molecule has 2 aromatic carbocycles. The number of allylic oxidation sites excluding steroid dienone is 1. The van der Waals surface area contributed by atoms with Crippen molar-refractivity contribution in [2.24, 2.45) is 4.99 Å². The maximum atomic E-state index is 13.3. The van der Waals surface area contributed by atoms with Gasteiger partial charge in [-0.1, -0.05) is 41.7 Å². The Morgan fingerprint density at radius 3 is 2.48 bits per heavy atom. The van der Waals surface area contributed by atoms with Gasteiger partial charge in [0.1, 0.15) is 0 Å². The van der Waals surface area contributed by atoms with E-state index in [1.54, 1.807) is 25.1 Å². The fourth-order valence-electron chi connectivity index (χ4n) is 3.49. The molecule has 0 radical (unpaired) electrons. The minimum Gasteiger partial charge on any atom is -0.466 e. The minimum atomic E-state index is -0.663. The summed E-state index contributed by atoms with van der Waals surface area (Å²) in [5, 5.41) is 10.9. The first-order chi connectivity index (χ1) is 14.9. The summed E-state index contributed by atoms with van der Waals surface area (Å²) < 4.78 is 6.87. The molecule has 2 heterocycles. The van der Waals surface area contributed by atoms with Gasteiger partial charge in [0.05, 0.1) is 33.9 Å². The molecule has 156 valence electrons. The molecule has 0 amide bonds. The molecule has 31 heavy (non-hydrogen) atoms. The number of nitro groups is 1. The number of hydrogen-bond acceptors (Lipinski definition) is 7. The summed E-state index contributed by atoms with van der Waals surface area (Å²) in [7, 11) is 1.30. The van der Waals surface area contributed by atoms with E-state index in [-0.39, 0.29) is 11.2 Å². The second kappa shape index (κ2) is 8.11. The Kier molecular flexibility index (Phi) is 5.35. The average Bonchev–Trinajstić information content (AvgIpc) is 3.07. The van der Waals surface area contributed by atoms with Crippen molar-refractivity contribution in [2.75, 3.05) is 7.11 Å². The summed E-state index contributed by atoms with van der Waals surface area (Å²) >= 11 is 1.20. The molecule has 8 nitrogen and oxygen atoms in total. The number of thiazole rings is 1. The molecule has 0 fully saturated rings. The fourth-order valence-corrected chi connectivity index (χ4v) is 4.53. The quantitative estimate of drug-likeness (QED) is 0.355. The first kappa shape index (κ1) is 20.4. The molecular weight excluding hydrogens is 418 g/mol. The van der Waals surface area contributed by atoms with Gasteiger partial charge in [-0.25, -0.2) is 9.79 Å². The molecule has 0 N–H and O–H groups in total. The maximum absolute atomic E-state index is 13.3. The van der Waals surface area contributed by atoms with Crippen molar-refractivity contribution in [3.8, 4) is 0 Å². The lowest BCUT2D eigenvalue weighted by molar-refractivity contribution is -0.384. The highest BCUT2D eigenvalue weighted by Gasteiger charge is 2.32. The fraction of sp³-hybridized carbons (Fsp3) is 0.136.